The van der Waals surface area contributed by atoms with Gasteiger partial charge in [0.1, 0.15) is 5.52 Å². The lowest BCUT2D eigenvalue weighted by atomic mass is 10.1. The summed E-state index contributed by atoms with van der Waals surface area (Å²) in [5.41, 5.74) is 1.70. The summed E-state index contributed by atoms with van der Waals surface area (Å²) in [6.07, 6.45) is 0.314. The van der Waals surface area contributed by atoms with Gasteiger partial charge < -0.3 is 5.32 Å². The number of nitrogens with zero attached hydrogens (tertiary/aromatic N) is 1. The minimum absolute atomic E-state index is 0.0829. The molecule has 5 heteroatoms. The van der Waals surface area contributed by atoms with E-state index in [1.165, 1.54) is 16.7 Å². The van der Waals surface area contributed by atoms with Crippen LogP contribution in [0.1, 0.15) is 5.56 Å². The van der Waals surface area contributed by atoms with E-state index in [2.05, 4.69) is 16.4 Å². The van der Waals surface area contributed by atoms with E-state index in [0.717, 1.165) is 21.2 Å². The zero-order valence-corrected chi connectivity index (χ0v) is 14.2. The number of para-hydroxylation sites is 1. The van der Waals surface area contributed by atoms with E-state index in [4.69, 9.17) is 11.6 Å². The number of nitrogens with one attached hydrogen (secondary N) is 1. The van der Waals surface area contributed by atoms with Crippen molar-refractivity contribution in [1.29, 1.82) is 0 Å². The van der Waals surface area contributed by atoms with Crippen LogP contribution in [0.5, 0.6) is 0 Å². The van der Waals surface area contributed by atoms with Crippen LogP contribution in [0.15, 0.2) is 60.7 Å². The highest BCUT2D eigenvalue weighted by Gasteiger charge is 2.10. The third kappa shape index (κ3) is 2.98. The molecule has 0 saturated heterocycles. The molecule has 0 aliphatic rings. The molecular formula is C19H13ClN2OS. The standard InChI is InChI=1S/C19H13ClN2OS/c20-15-6-3-7-16-18(15)22-19(24-16)21-17(23)11-12-8-9-13-4-1-2-5-14(13)10-12/h1-10H,11H2,(H,21,22,23). The van der Waals surface area contributed by atoms with Gasteiger partial charge in [-0.2, -0.15) is 0 Å². The largest absolute Gasteiger partial charge is 0.302 e. The van der Waals surface area contributed by atoms with Crippen molar-refractivity contribution < 1.29 is 4.79 Å². The Bertz CT molecular complexity index is 1060. The number of anilines is 1. The van der Waals surface area contributed by atoms with Crippen LogP contribution in [-0.2, 0) is 11.2 Å². The molecule has 118 valence electrons. The molecular weight excluding hydrogens is 340 g/mol. The van der Waals surface area contributed by atoms with Crippen LogP contribution in [0.25, 0.3) is 21.0 Å². The fraction of sp³-hybridized carbons (Fsp3) is 0.0526. The Morgan fingerprint density at radius 1 is 1.04 bits per heavy atom. The molecule has 0 bridgehead atoms. The Kier molecular flexibility index (Phi) is 3.92. The van der Waals surface area contributed by atoms with Gasteiger partial charge in [0.2, 0.25) is 5.91 Å². The summed E-state index contributed by atoms with van der Waals surface area (Å²) in [6.45, 7) is 0. The SMILES string of the molecule is O=C(Cc1ccc2ccccc2c1)Nc1nc2c(Cl)cccc2s1. The average molecular weight is 353 g/mol. The second-order valence-electron chi connectivity index (χ2n) is 5.51. The van der Waals surface area contributed by atoms with Crippen molar-refractivity contribution in [1.82, 2.24) is 4.98 Å². The van der Waals surface area contributed by atoms with E-state index >= 15 is 0 Å². The maximum absolute atomic E-state index is 12.3. The first kappa shape index (κ1) is 15.1. The zero-order chi connectivity index (χ0) is 16.5. The van der Waals surface area contributed by atoms with Crippen molar-refractivity contribution in [3.63, 3.8) is 0 Å². The van der Waals surface area contributed by atoms with E-state index < -0.39 is 0 Å². The summed E-state index contributed by atoms with van der Waals surface area (Å²) in [7, 11) is 0. The number of fused-ring (bicyclic) bond motifs is 2. The van der Waals surface area contributed by atoms with Gasteiger partial charge in [0.25, 0.3) is 0 Å². The van der Waals surface area contributed by atoms with Gasteiger partial charge in [0.05, 0.1) is 16.1 Å². The Morgan fingerprint density at radius 2 is 1.88 bits per heavy atom. The highest BCUT2D eigenvalue weighted by Crippen LogP contribution is 2.30. The third-order valence-electron chi connectivity index (χ3n) is 3.79. The monoisotopic (exact) mass is 352 g/mol. The van der Waals surface area contributed by atoms with Crippen LogP contribution in [0.3, 0.4) is 0 Å². The number of halogens is 1. The quantitative estimate of drug-likeness (QED) is 0.544. The summed E-state index contributed by atoms with van der Waals surface area (Å²) in [5.74, 6) is -0.0829. The molecule has 0 radical (unpaired) electrons. The summed E-state index contributed by atoms with van der Waals surface area (Å²) in [4.78, 5) is 16.7. The normalized spacial score (nSPS) is 11.0. The third-order valence-corrected chi connectivity index (χ3v) is 5.04. The fourth-order valence-electron chi connectivity index (χ4n) is 2.67. The number of carbonyl (C=O) groups excluding carboxylic acids is 1. The van der Waals surface area contributed by atoms with Crippen LogP contribution in [0.2, 0.25) is 5.02 Å². The van der Waals surface area contributed by atoms with E-state index in [0.29, 0.717) is 16.6 Å². The Labute approximate surface area is 147 Å². The van der Waals surface area contributed by atoms with Crippen LogP contribution in [0, 0.1) is 0 Å². The summed E-state index contributed by atoms with van der Waals surface area (Å²) in [5, 5.41) is 6.34. The Balaban J connectivity index is 1.53. The van der Waals surface area contributed by atoms with Crippen molar-refractivity contribution in [3.8, 4) is 0 Å². The molecule has 0 fully saturated rings. The predicted molar refractivity (Wildman–Crippen MR) is 101 cm³/mol. The van der Waals surface area contributed by atoms with Gasteiger partial charge >= 0.3 is 0 Å². The molecule has 1 N–H and O–H groups in total. The summed E-state index contributed by atoms with van der Waals surface area (Å²) >= 11 is 7.55. The molecule has 1 heterocycles. The van der Waals surface area contributed by atoms with Gasteiger partial charge in [-0.25, -0.2) is 4.98 Å². The lowest BCUT2D eigenvalue weighted by molar-refractivity contribution is -0.115. The highest BCUT2D eigenvalue weighted by atomic mass is 35.5. The minimum Gasteiger partial charge on any atom is -0.302 e. The van der Waals surface area contributed by atoms with Crippen molar-refractivity contribution >= 4 is 55.0 Å². The van der Waals surface area contributed by atoms with Gasteiger partial charge in [-0.1, -0.05) is 71.5 Å². The van der Waals surface area contributed by atoms with Gasteiger partial charge in [-0.15, -0.1) is 0 Å². The summed E-state index contributed by atoms with van der Waals surface area (Å²) in [6, 6.07) is 19.8. The topological polar surface area (TPSA) is 42.0 Å². The molecule has 0 aliphatic heterocycles. The van der Waals surface area contributed by atoms with Crippen molar-refractivity contribution in [2.75, 3.05) is 5.32 Å². The average Bonchev–Trinajstić information content (AvgIpc) is 2.98. The van der Waals surface area contributed by atoms with Gasteiger partial charge in [-0.05, 0) is 28.5 Å². The lowest BCUT2D eigenvalue weighted by Crippen LogP contribution is -2.14. The number of aromatic nitrogens is 1. The smallest absolute Gasteiger partial charge is 0.230 e. The Hall–Kier alpha value is -2.43. The minimum atomic E-state index is -0.0829. The molecule has 0 atom stereocenters. The molecule has 0 spiro atoms. The first-order chi connectivity index (χ1) is 11.7. The molecule has 3 aromatic carbocycles. The number of hydrogen-bond acceptors (Lipinski definition) is 3. The number of rotatable bonds is 3. The molecule has 1 amide bonds. The molecule has 4 aromatic rings. The van der Waals surface area contributed by atoms with Crippen molar-refractivity contribution in [2.45, 2.75) is 6.42 Å². The summed E-state index contributed by atoms with van der Waals surface area (Å²) < 4.78 is 0.962. The number of hydrogen-bond donors (Lipinski definition) is 1. The molecule has 3 nitrogen and oxygen atoms in total. The molecule has 0 unspecified atom stereocenters. The zero-order valence-electron chi connectivity index (χ0n) is 12.6. The van der Waals surface area contributed by atoms with Crippen molar-refractivity contribution in [3.05, 3.63) is 71.2 Å². The molecule has 0 saturated carbocycles. The first-order valence-corrected chi connectivity index (χ1v) is 8.71. The van der Waals surface area contributed by atoms with E-state index in [9.17, 15) is 4.79 Å². The number of benzene rings is 3. The fourth-order valence-corrected chi connectivity index (χ4v) is 3.85. The van der Waals surface area contributed by atoms with Crippen LogP contribution < -0.4 is 5.32 Å². The Morgan fingerprint density at radius 3 is 2.71 bits per heavy atom. The molecule has 24 heavy (non-hydrogen) atoms. The van der Waals surface area contributed by atoms with E-state index in [-0.39, 0.29) is 5.91 Å². The lowest BCUT2D eigenvalue weighted by Gasteiger charge is -2.04. The first-order valence-electron chi connectivity index (χ1n) is 7.52. The number of amides is 1. The van der Waals surface area contributed by atoms with Crippen LogP contribution in [0.4, 0.5) is 5.13 Å². The van der Waals surface area contributed by atoms with Crippen LogP contribution in [-0.4, -0.2) is 10.9 Å². The second-order valence-corrected chi connectivity index (χ2v) is 6.95. The maximum atomic E-state index is 12.3. The van der Waals surface area contributed by atoms with Gasteiger partial charge in [-0.3, -0.25) is 4.79 Å². The van der Waals surface area contributed by atoms with Crippen LogP contribution >= 0.6 is 22.9 Å². The van der Waals surface area contributed by atoms with Crippen molar-refractivity contribution in [2.24, 2.45) is 0 Å². The number of carbonyl (C=O) groups is 1. The van der Waals surface area contributed by atoms with Gasteiger partial charge in [0.15, 0.2) is 5.13 Å². The van der Waals surface area contributed by atoms with E-state index in [1.54, 1.807) is 6.07 Å². The molecule has 1 aromatic heterocycles. The predicted octanol–water partition coefficient (Wildman–Crippen LogP) is 5.28. The number of thiazole rings is 1. The van der Waals surface area contributed by atoms with E-state index in [1.807, 2.05) is 48.5 Å². The maximum Gasteiger partial charge on any atom is 0.230 e. The highest BCUT2D eigenvalue weighted by molar-refractivity contribution is 7.22. The van der Waals surface area contributed by atoms with Gasteiger partial charge in [0, 0.05) is 0 Å². The molecule has 4 rings (SSSR count). The molecule has 0 aliphatic carbocycles. The second kappa shape index (κ2) is 6.23.